The first-order valence-corrected chi connectivity index (χ1v) is 21.1. The minimum atomic E-state index is -1.06. The van der Waals surface area contributed by atoms with E-state index in [-0.39, 0.29) is 31.1 Å². The monoisotopic (exact) mass is 867 g/mol. The molecule has 0 radical (unpaired) electrons. The number of fused-ring (bicyclic) bond motifs is 8. The van der Waals surface area contributed by atoms with E-state index in [9.17, 15) is 24.3 Å². The Morgan fingerprint density at radius 3 is 1.94 bits per heavy atom. The fraction of sp³-hybridized carbons (Fsp3) is 0.292. The summed E-state index contributed by atoms with van der Waals surface area (Å²) in [7, 11) is 2.99. The second-order valence-corrected chi connectivity index (χ2v) is 16.4. The number of hydrogen-bond donors (Lipinski definition) is 6. The molecule has 7 N–H and O–H groups in total. The summed E-state index contributed by atoms with van der Waals surface area (Å²) in [4.78, 5) is 57.2. The SMILES string of the molecule is COc1cc2c(cc1OCc1cc(COc3cc4c(cc3OC)C(=O)N3c5ccccc5C[C@H]3C(O)N4)cc(NC(=O)[C@H](C)NC(=O)[C@@H](C)N)c1)NC[C@@H]1Cc3ccccc3N1C2=O. The first kappa shape index (κ1) is 42.0. The van der Waals surface area contributed by atoms with Gasteiger partial charge in [-0.1, -0.05) is 36.4 Å². The van der Waals surface area contributed by atoms with Crippen molar-refractivity contribution in [1.29, 1.82) is 0 Å². The minimum absolute atomic E-state index is 0.0174. The standard InChI is InChI=1S/C48H49N7O9/c1-25(49)44(56)51-26(2)45(57)52-31-14-27(23-63-42-20-35-33(18-40(42)61-3)47(59)54-32(22-50-35)16-29-9-5-7-11-37(29)54)13-28(15-31)24-64-43-21-36-34(19-41(43)62-4)48(60)55-38-12-8-6-10-30(38)17-39(55)46(58)53-36/h5-15,18-21,25-26,32,39,46,50,53,58H,16-17,22-24,49H2,1-4H3,(H,51,56)(H,52,57)/t25-,26+,32+,39+,46?/m1/s1. The van der Waals surface area contributed by atoms with Gasteiger partial charge < -0.3 is 60.9 Å². The Labute approximate surface area is 369 Å². The van der Waals surface area contributed by atoms with Gasteiger partial charge in [-0.05, 0) is 91.4 Å². The topological polar surface area (TPSA) is 206 Å². The molecule has 4 aliphatic heterocycles. The molecule has 5 atom stereocenters. The number of hydrogen-bond acceptors (Lipinski definition) is 12. The number of aliphatic hydroxyl groups excluding tert-OH is 1. The number of carbonyl (C=O) groups excluding carboxylic acids is 4. The molecule has 1 unspecified atom stereocenters. The molecule has 0 bridgehead atoms. The summed E-state index contributed by atoms with van der Waals surface area (Å²) in [5.74, 6) is 0.00105. The molecule has 4 aliphatic rings. The Kier molecular flexibility index (Phi) is 11.2. The van der Waals surface area contributed by atoms with Crippen LogP contribution in [0.3, 0.4) is 0 Å². The average Bonchev–Trinajstić information content (AvgIpc) is 3.81. The normalized spacial score (nSPS) is 18.8. The summed E-state index contributed by atoms with van der Waals surface area (Å²) in [6.45, 7) is 3.63. The van der Waals surface area contributed by atoms with Crippen molar-refractivity contribution in [2.45, 2.75) is 70.3 Å². The molecule has 16 nitrogen and oxygen atoms in total. The van der Waals surface area contributed by atoms with Crippen molar-refractivity contribution in [2.24, 2.45) is 5.73 Å². The molecule has 64 heavy (non-hydrogen) atoms. The molecule has 0 saturated heterocycles. The van der Waals surface area contributed by atoms with Gasteiger partial charge in [-0.15, -0.1) is 0 Å². The van der Waals surface area contributed by atoms with E-state index in [4.69, 9.17) is 24.7 Å². The van der Waals surface area contributed by atoms with Gasteiger partial charge >= 0.3 is 0 Å². The van der Waals surface area contributed by atoms with Crippen molar-refractivity contribution in [3.05, 3.63) is 124 Å². The lowest BCUT2D eigenvalue weighted by Gasteiger charge is -2.26. The van der Waals surface area contributed by atoms with Crippen LogP contribution in [-0.2, 0) is 35.6 Å². The van der Waals surface area contributed by atoms with Crippen LogP contribution in [0.15, 0.2) is 91.0 Å². The molecule has 4 heterocycles. The smallest absolute Gasteiger partial charge is 0.260 e. The molecular weight excluding hydrogens is 819 g/mol. The summed E-state index contributed by atoms with van der Waals surface area (Å²) in [6, 6.07) is 25.3. The highest BCUT2D eigenvalue weighted by atomic mass is 16.5. The van der Waals surface area contributed by atoms with E-state index in [1.54, 1.807) is 48.2 Å². The lowest BCUT2D eigenvalue weighted by molar-refractivity contribution is -0.126. The van der Waals surface area contributed by atoms with E-state index in [1.165, 1.54) is 21.1 Å². The molecule has 5 aromatic carbocycles. The first-order valence-electron chi connectivity index (χ1n) is 21.1. The lowest BCUT2D eigenvalue weighted by atomic mass is 10.1. The molecule has 0 spiro atoms. The number of anilines is 5. The van der Waals surface area contributed by atoms with Gasteiger partial charge in [0, 0.05) is 35.7 Å². The Morgan fingerprint density at radius 1 is 0.750 bits per heavy atom. The summed E-state index contributed by atoms with van der Waals surface area (Å²) in [5.41, 5.74) is 12.9. The molecule has 4 amide bonds. The van der Waals surface area contributed by atoms with E-state index in [0.29, 0.717) is 75.3 Å². The summed E-state index contributed by atoms with van der Waals surface area (Å²) in [6.07, 6.45) is 0.171. The van der Waals surface area contributed by atoms with Crippen LogP contribution in [0.25, 0.3) is 0 Å². The number of rotatable bonds is 12. The minimum Gasteiger partial charge on any atom is -0.493 e. The first-order chi connectivity index (χ1) is 30.9. The second kappa shape index (κ2) is 17.1. The number of para-hydroxylation sites is 2. The van der Waals surface area contributed by atoms with Gasteiger partial charge in [0.2, 0.25) is 11.8 Å². The number of ether oxygens (including phenoxy) is 4. The Morgan fingerprint density at radius 2 is 1.31 bits per heavy atom. The molecule has 330 valence electrons. The van der Waals surface area contributed by atoms with Gasteiger partial charge in [0.15, 0.2) is 23.0 Å². The Balaban J connectivity index is 0.981. The lowest BCUT2D eigenvalue weighted by Crippen LogP contribution is -2.47. The second-order valence-electron chi connectivity index (χ2n) is 16.4. The van der Waals surface area contributed by atoms with Gasteiger partial charge in [0.25, 0.3) is 11.8 Å². The molecule has 0 fully saturated rings. The molecule has 0 aliphatic carbocycles. The van der Waals surface area contributed by atoms with Crippen molar-refractivity contribution in [1.82, 2.24) is 5.32 Å². The predicted molar refractivity (Wildman–Crippen MR) is 241 cm³/mol. The van der Waals surface area contributed by atoms with Crippen molar-refractivity contribution in [3.8, 4) is 23.0 Å². The van der Waals surface area contributed by atoms with Crippen LogP contribution < -0.4 is 55.7 Å². The van der Waals surface area contributed by atoms with E-state index in [0.717, 1.165) is 28.9 Å². The maximum Gasteiger partial charge on any atom is 0.260 e. The molecular formula is C48H49N7O9. The third-order valence-corrected chi connectivity index (χ3v) is 12.1. The average molecular weight is 868 g/mol. The van der Waals surface area contributed by atoms with E-state index in [2.05, 4.69) is 27.3 Å². The van der Waals surface area contributed by atoms with Crippen LogP contribution in [0.2, 0.25) is 0 Å². The van der Waals surface area contributed by atoms with Gasteiger partial charge in [-0.3, -0.25) is 19.2 Å². The van der Waals surface area contributed by atoms with Gasteiger partial charge in [-0.2, -0.15) is 0 Å². The highest BCUT2D eigenvalue weighted by Gasteiger charge is 2.42. The largest absolute Gasteiger partial charge is 0.493 e. The van der Waals surface area contributed by atoms with Crippen LogP contribution in [0.4, 0.5) is 28.4 Å². The highest BCUT2D eigenvalue weighted by Crippen LogP contribution is 2.43. The van der Waals surface area contributed by atoms with Crippen molar-refractivity contribution >= 4 is 52.1 Å². The van der Waals surface area contributed by atoms with Gasteiger partial charge in [0.05, 0.1) is 54.8 Å². The summed E-state index contributed by atoms with van der Waals surface area (Å²) < 4.78 is 24.2. The van der Waals surface area contributed by atoms with Gasteiger partial charge in [-0.25, -0.2) is 0 Å². The van der Waals surface area contributed by atoms with E-state index in [1.807, 2.05) is 53.4 Å². The summed E-state index contributed by atoms with van der Waals surface area (Å²) >= 11 is 0. The number of benzene rings is 5. The number of aliphatic hydroxyl groups is 1. The number of nitrogens with two attached hydrogens (primary N) is 1. The Hall–Kier alpha value is -7.30. The zero-order valence-corrected chi connectivity index (χ0v) is 35.8. The molecule has 0 aromatic heterocycles. The van der Waals surface area contributed by atoms with Crippen molar-refractivity contribution < 1.29 is 43.2 Å². The number of amides is 4. The fourth-order valence-electron chi connectivity index (χ4n) is 8.84. The summed E-state index contributed by atoms with van der Waals surface area (Å²) in [5, 5.41) is 23.4. The Bertz CT molecular complexity index is 2690. The van der Waals surface area contributed by atoms with Crippen LogP contribution >= 0.6 is 0 Å². The molecule has 9 rings (SSSR count). The van der Waals surface area contributed by atoms with E-state index < -0.39 is 36.2 Å². The van der Waals surface area contributed by atoms with Crippen LogP contribution in [0.1, 0.15) is 56.8 Å². The highest BCUT2D eigenvalue weighted by molar-refractivity contribution is 6.13. The predicted octanol–water partition coefficient (Wildman–Crippen LogP) is 4.96. The van der Waals surface area contributed by atoms with Crippen LogP contribution in [0.5, 0.6) is 23.0 Å². The zero-order chi connectivity index (χ0) is 44.8. The third-order valence-electron chi connectivity index (χ3n) is 12.1. The van der Waals surface area contributed by atoms with Crippen molar-refractivity contribution in [3.63, 3.8) is 0 Å². The third kappa shape index (κ3) is 7.86. The molecule has 0 saturated carbocycles. The maximum absolute atomic E-state index is 14.0. The van der Waals surface area contributed by atoms with Crippen LogP contribution in [0, 0.1) is 0 Å². The number of carbonyl (C=O) groups is 4. The number of nitrogens with zero attached hydrogens (tertiary/aromatic N) is 2. The quantitative estimate of drug-likeness (QED) is 0.0985. The van der Waals surface area contributed by atoms with Crippen molar-refractivity contribution in [2.75, 3.05) is 46.5 Å². The van der Waals surface area contributed by atoms with E-state index >= 15 is 0 Å². The molecule has 16 heteroatoms. The molecule has 5 aromatic rings. The zero-order valence-electron chi connectivity index (χ0n) is 35.8. The maximum atomic E-state index is 14.0. The fourth-order valence-corrected chi connectivity index (χ4v) is 8.84. The number of nitrogens with one attached hydrogen (secondary N) is 4. The van der Waals surface area contributed by atoms with Gasteiger partial charge in [0.1, 0.15) is 25.5 Å². The number of methoxy groups -OCH3 is 2. The van der Waals surface area contributed by atoms with Crippen LogP contribution in [-0.4, -0.2) is 79.9 Å².